The zero-order chi connectivity index (χ0) is 26.0. The zero-order valence-corrected chi connectivity index (χ0v) is 20.7. The van der Waals surface area contributed by atoms with E-state index < -0.39 is 42.8 Å². The first-order valence-corrected chi connectivity index (χ1v) is 13.1. The Morgan fingerprint density at radius 2 is 1.83 bits per heavy atom. The summed E-state index contributed by atoms with van der Waals surface area (Å²) in [4.78, 5) is 27.5. The van der Waals surface area contributed by atoms with Crippen molar-refractivity contribution in [2.75, 3.05) is 24.5 Å². The summed E-state index contributed by atoms with van der Waals surface area (Å²) in [7, 11) is -4.16. The SMILES string of the molecule is Cc1cccc(N2CCN(C(=O)c3ccc(S(=O)(=O)Cc4cccc(F)c4)c([N+](=O)[O-])c3)C[C@@H]2C)c1. The van der Waals surface area contributed by atoms with Crippen LogP contribution in [0.25, 0.3) is 0 Å². The van der Waals surface area contributed by atoms with Crippen LogP contribution in [-0.2, 0) is 15.6 Å². The fourth-order valence-electron chi connectivity index (χ4n) is 4.49. The second-order valence-corrected chi connectivity index (χ2v) is 10.9. The van der Waals surface area contributed by atoms with Gasteiger partial charge in [-0.2, -0.15) is 0 Å². The molecule has 0 unspecified atom stereocenters. The van der Waals surface area contributed by atoms with Gasteiger partial charge in [0.25, 0.3) is 11.6 Å². The summed E-state index contributed by atoms with van der Waals surface area (Å²) in [6.45, 7) is 5.46. The number of nitrogens with zero attached hydrogens (tertiary/aromatic N) is 3. The van der Waals surface area contributed by atoms with Gasteiger partial charge in [0.2, 0.25) is 0 Å². The highest BCUT2D eigenvalue weighted by Gasteiger charge is 2.31. The highest BCUT2D eigenvalue weighted by molar-refractivity contribution is 7.90. The maximum absolute atomic E-state index is 13.5. The molecule has 0 aliphatic carbocycles. The molecule has 36 heavy (non-hydrogen) atoms. The Balaban J connectivity index is 1.55. The number of nitro benzene ring substituents is 1. The van der Waals surface area contributed by atoms with Gasteiger partial charge < -0.3 is 9.80 Å². The van der Waals surface area contributed by atoms with Crippen molar-refractivity contribution in [1.29, 1.82) is 0 Å². The Hall–Kier alpha value is -3.79. The van der Waals surface area contributed by atoms with Gasteiger partial charge in [-0.1, -0.05) is 24.3 Å². The lowest BCUT2D eigenvalue weighted by Gasteiger charge is -2.41. The highest BCUT2D eigenvalue weighted by atomic mass is 32.2. The molecule has 0 spiro atoms. The van der Waals surface area contributed by atoms with Gasteiger partial charge in [0, 0.05) is 43.0 Å². The Kier molecular flexibility index (Phi) is 7.07. The van der Waals surface area contributed by atoms with E-state index in [1.54, 1.807) is 4.90 Å². The average Bonchev–Trinajstić information content (AvgIpc) is 2.82. The molecule has 1 amide bonds. The third-order valence-corrected chi connectivity index (χ3v) is 7.96. The van der Waals surface area contributed by atoms with Gasteiger partial charge in [-0.3, -0.25) is 14.9 Å². The van der Waals surface area contributed by atoms with E-state index in [9.17, 15) is 27.7 Å². The summed E-state index contributed by atoms with van der Waals surface area (Å²) < 4.78 is 39.4. The van der Waals surface area contributed by atoms with Crippen molar-refractivity contribution in [1.82, 2.24) is 4.90 Å². The standard InChI is InChI=1S/C26H26FN3O5S/c1-18-5-3-8-23(13-18)29-12-11-28(16-19(29)2)26(31)21-9-10-25(24(15-21)30(32)33)36(34,35)17-20-6-4-7-22(27)14-20/h3-10,13-15,19H,11-12,16-17H2,1-2H3/t19-/m0/s1. The van der Waals surface area contributed by atoms with Crippen LogP contribution in [0.2, 0.25) is 0 Å². The summed E-state index contributed by atoms with van der Waals surface area (Å²) in [5.41, 5.74) is 1.74. The van der Waals surface area contributed by atoms with Crippen molar-refractivity contribution in [3.63, 3.8) is 0 Å². The lowest BCUT2D eigenvalue weighted by Crippen LogP contribution is -2.53. The number of sulfone groups is 1. The van der Waals surface area contributed by atoms with Crippen LogP contribution in [0, 0.1) is 22.9 Å². The molecular formula is C26H26FN3O5S. The van der Waals surface area contributed by atoms with E-state index in [4.69, 9.17) is 0 Å². The molecule has 3 aromatic rings. The minimum atomic E-state index is -4.16. The first-order valence-electron chi connectivity index (χ1n) is 11.4. The van der Waals surface area contributed by atoms with E-state index >= 15 is 0 Å². The number of aryl methyl sites for hydroxylation is 1. The molecule has 188 valence electrons. The van der Waals surface area contributed by atoms with E-state index in [1.165, 1.54) is 24.3 Å². The molecule has 8 nitrogen and oxygen atoms in total. The number of rotatable bonds is 6. The van der Waals surface area contributed by atoms with Crippen molar-refractivity contribution < 1.29 is 22.5 Å². The molecule has 0 radical (unpaired) electrons. The van der Waals surface area contributed by atoms with Crippen LogP contribution < -0.4 is 4.90 Å². The minimum Gasteiger partial charge on any atom is -0.365 e. The summed E-state index contributed by atoms with van der Waals surface area (Å²) in [6, 6.07) is 16.6. The molecule has 0 N–H and O–H groups in total. The van der Waals surface area contributed by atoms with E-state index in [0.717, 1.165) is 29.4 Å². The molecule has 1 atom stereocenters. The summed E-state index contributed by atoms with van der Waals surface area (Å²) >= 11 is 0. The smallest absolute Gasteiger partial charge is 0.288 e. The number of hydrogen-bond donors (Lipinski definition) is 0. The topological polar surface area (TPSA) is 101 Å². The van der Waals surface area contributed by atoms with Crippen molar-refractivity contribution in [3.05, 3.63) is 99.4 Å². The van der Waals surface area contributed by atoms with Gasteiger partial charge >= 0.3 is 0 Å². The number of hydrogen-bond acceptors (Lipinski definition) is 6. The number of piperazine rings is 1. The van der Waals surface area contributed by atoms with Crippen molar-refractivity contribution in [2.45, 2.75) is 30.5 Å². The second kappa shape index (κ2) is 10.1. The van der Waals surface area contributed by atoms with Crippen LogP contribution in [0.1, 0.15) is 28.4 Å². The van der Waals surface area contributed by atoms with Crippen LogP contribution >= 0.6 is 0 Å². The highest BCUT2D eigenvalue weighted by Crippen LogP contribution is 2.29. The number of anilines is 1. The molecule has 1 aliphatic rings. The van der Waals surface area contributed by atoms with E-state index in [1.807, 2.05) is 32.0 Å². The Morgan fingerprint density at radius 1 is 1.08 bits per heavy atom. The predicted molar refractivity (Wildman–Crippen MR) is 134 cm³/mol. The molecule has 10 heteroatoms. The molecule has 1 saturated heterocycles. The Bertz CT molecular complexity index is 1430. The number of carbonyl (C=O) groups excluding carboxylic acids is 1. The lowest BCUT2D eigenvalue weighted by atomic mass is 10.1. The molecule has 0 aromatic heterocycles. The molecule has 0 bridgehead atoms. The average molecular weight is 512 g/mol. The first-order chi connectivity index (χ1) is 17.0. The fraction of sp³-hybridized carbons (Fsp3) is 0.269. The molecule has 0 saturated carbocycles. The molecule has 1 heterocycles. The Labute approximate surface area is 209 Å². The molecular weight excluding hydrogens is 485 g/mol. The van der Waals surface area contributed by atoms with Gasteiger partial charge in [0.1, 0.15) is 10.7 Å². The van der Waals surface area contributed by atoms with Crippen molar-refractivity contribution in [3.8, 4) is 0 Å². The van der Waals surface area contributed by atoms with Gasteiger partial charge in [0.05, 0.1) is 10.7 Å². The molecule has 1 aliphatic heterocycles. The minimum absolute atomic E-state index is 0.0189. The number of halogens is 1. The van der Waals surface area contributed by atoms with Gasteiger partial charge in [0.15, 0.2) is 9.84 Å². The lowest BCUT2D eigenvalue weighted by molar-refractivity contribution is -0.387. The number of amides is 1. The van der Waals surface area contributed by atoms with Crippen LogP contribution in [0.3, 0.4) is 0 Å². The molecule has 1 fully saturated rings. The summed E-state index contributed by atoms with van der Waals surface area (Å²) in [6.07, 6.45) is 0. The summed E-state index contributed by atoms with van der Waals surface area (Å²) in [5, 5.41) is 11.8. The van der Waals surface area contributed by atoms with Crippen LogP contribution in [0.4, 0.5) is 15.8 Å². The number of carbonyl (C=O) groups is 1. The van der Waals surface area contributed by atoms with Crippen molar-refractivity contribution in [2.24, 2.45) is 0 Å². The van der Waals surface area contributed by atoms with Crippen LogP contribution in [-0.4, -0.2) is 49.8 Å². The van der Waals surface area contributed by atoms with Crippen molar-refractivity contribution >= 4 is 27.1 Å². The van der Waals surface area contributed by atoms with Gasteiger partial charge in [-0.25, -0.2) is 12.8 Å². The van der Waals surface area contributed by atoms with E-state index in [-0.39, 0.29) is 17.2 Å². The van der Waals surface area contributed by atoms with Crippen LogP contribution in [0.5, 0.6) is 0 Å². The predicted octanol–water partition coefficient (Wildman–Crippen LogP) is 4.37. The Morgan fingerprint density at radius 3 is 2.50 bits per heavy atom. The normalized spacial score (nSPS) is 16.1. The largest absolute Gasteiger partial charge is 0.365 e. The third kappa shape index (κ3) is 5.38. The molecule has 3 aromatic carbocycles. The van der Waals surface area contributed by atoms with Crippen LogP contribution in [0.15, 0.2) is 71.6 Å². The summed E-state index contributed by atoms with van der Waals surface area (Å²) in [5.74, 6) is -1.60. The maximum atomic E-state index is 13.5. The van der Waals surface area contributed by atoms with E-state index in [0.29, 0.717) is 19.6 Å². The monoisotopic (exact) mass is 511 g/mol. The second-order valence-electron chi connectivity index (χ2n) is 8.96. The number of benzene rings is 3. The molecule has 4 rings (SSSR count). The van der Waals surface area contributed by atoms with E-state index in [2.05, 4.69) is 11.0 Å². The number of nitro groups is 1. The quantitative estimate of drug-likeness (QED) is 0.360. The van der Waals surface area contributed by atoms with Gasteiger partial charge in [-0.05, 0) is 61.4 Å². The first kappa shape index (κ1) is 25.3. The fourth-order valence-corrected chi connectivity index (χ4v) is 6.00. The zero-order valence-electron chi connectivity index (χ0n) is 19.9. The van der Waals surface area contributed by atoms with Gasteiger partial charge in [-0.15, -0.1) is 0 Å². The maximum Gasteiger partial charge on any atom is 0.288 e. The third-order valence-electron chi connectivity index (χ3n) is 6.23.